The molecule has 2 amide bonds. The summed E-state index contributed by atoms with van der Waals surface area (Å²) in [5.74, 6) is 0.546. The molecule has 0 aromatic heterocycles. The molecule has 1 atom stereocenters. The van der Waals surface area contributed by atoms with E-state index in [0.29, 0.717) is 36.5 Å². The molecule has 0 aliphatic carbocycles. The number of nitrogens with one attached hydrogen (secondary N) is 1. The molecule has 1 N–H and O–H groups in total. The van der Waals surface area contributed by atoms with Crippen LogP contribution in [-0.2, 0) is 20.7 Å². The molecule has 164 valence electrons. The summed E-state index contributed by atoms with van der Waals surface area (Å²) >= 11 is 0. The van der Waals surface area contributed by atoms with E-state index < -0.39 is 6.10 Å². The van der Waals surface area contributed by atoms with Crippen LogP contribution in [0.15, 0.2) is 48.5 Å². The first-order valence-electron chi connectivity index (χ1n) is 10.9. The number of morpholine rings is 1. The molecule has 2 aliphatic rings. The van der Waals surface area contributed by atoms with Crippen LogP contribution in [0.2, 0.25) is 0 Å². The Balaban J connectivity index is 1.42. The van der Waals surface area contributed by atoms with E-state index >= 15 is 0 Å². The van der Waals surface area contributed by atoms with Gasteiger partial charge >= 0.3 is 0 Å². The minimum atomic E-state index is -0.525. The zero-order chi connectivity index (χ0) is 21.6. The first kappa shape index (κ1) is 21.3. The van der Waals surface area contributed by atoms with Gasteiger partial charge in [0.25, 0.3) is 5.91 Å². The van der Waals surface area contributed by atoms with Crippen LogP contribution in [0.3, 0.4) is 0 Å². The van der Waals surface area contributed by atoms with Crippen LogP contribution in [0.25, 0.3) is 0 Å². The van der Waals surface area contributed by atoms with Gasteiger partial charge in [0, 0.05) is 38.3 Å². The number of amides is 2. The van der Waals surface area contributed by atoms with Crippen molar-refractivity contribution in [1.29, 1.82) is 0 Å². The summed E-state index contributed by atoms with van der Waals surface area (Å²) in [6, 6.07) is 15.4. The van der Waals surface area contributed by atoms with Gasteiger partial charge in [-0.1, -0.05) is 30.3 Å². The highest BCUT2D eigenvalue weighted by Gasteiger charge is 2.32. The lowest BCUT2D eigenvalue weighted by Gasteiger charge is -2.35. The number of aryl methyl sites for hydroxylation is 1. The molecule has 2 aromatic carbocycles. The van der Waals surface area contributed by atoms with E-state index in [1.807, 2.05) is 48.5 Å². The van der Waals surface area contributed by atoms with Crippen LogP contribution in [-0.4, -0.2) is 62.2 Å². The number of fused-ring (bicyclic) bond motifs is 1. The van der Waals surface area contributed by atoms with Crippen molar-refractivity contribution in [3.63, 3.8) is 0 Å². The maximum absolute atomic E-state index is 12.8. The third-order valence-corrected chi connectivity index (χ3v) is 5.68. The number of ether oxygens (including phenoxy) is 2. The quantitative estimate of drug-likeness (QED) is 0.742. The van der Waals surface area contributed by atoms with E-state index in [1.165, 1.54) is 0 Å². The van der Waals surface area contributed by atoms with Crippen LogP contribution in [0.5, 0.6) is 5.75 Å². The van der Waals surface area contributed by atoms with Gasteiger partial charge in [0.1, 0.15) is 5.75 Å². The van der Waals surface area contributed by atoms with Gasteiger partial charge in [0.2, 0.25) is 5.91 Å². The molecule has 0 spiro atoms. The Bertz CT molecular complexity index is 912. The van der Waals surface area contributed by atoms with E-state index in [4.69, 9.17) is 9.47 Å². The van der Waals surface area contributed by atoms with Crippen molar-refractivity contribution >= 4 is 23.2 Å². The van der Waals surface area contributed by atoms with Gasteiger partial charge in [-0.2, -0.15) is 0 Å². The molecular weight excluding hydrogens is 394 g/mol. The van der Waals surface area contributed by atoms with Crippen molar-refractivity contribution in [2.45, 2.75) is 25.9 Å². The lowest BCUT2D eigenvalue weighted by atomic mass is 10.1. The van der Waals surface area contributed by atoms with Crippen LogP contribution >= 0.6 is 0 Å². The Morgan fingerprint density at radius 3 is 2.65 bits per heavy atom. The second kappa shape index (κ2) is 9.94. The molecule has 1 fully saturated rings. The number of benzene rings is 2. The lowest BCUT2D eigenvalue weighted by molar-refractivity contribution is -0.125. The van der Waals surface area contributed by atoms with Gasteiger partial charge in [0.05, 0.1) is 18.9 Å². The minimum Gasteiger partial charge on any atom is -0.479 e. The maximum Gasteiger partial charge on any atom is 0.267 e. The normalized spacial score (nSPS) is 18.9. The van der Waals surface area contributed by atoms with E-state index in [0.717, 1.165) is 38.4 Å². The summed E-state index contributed by atoms with van der Waals surface area (Å²) < 4.78 is 11.2. The third-order valence-electron chi connectivity index (χ3n) is 5.68. The van der Waals surface area contributed by atoms with Crippen LogP contribution in [0, 0.1) is 0 Å². The summed E-state index contributed by atoms with van der Waals surface area (Å²) in [5, 5.41) is 2.95. The number of nitrogens with zero attached hydrogens (tertiary/aromatic N) is 2. The van der Waals surface area contributed by atoms with Crippen LogP contribution in [0.4, 0.5) is 11.4 Å². The van der Waals surface area contributed by atoms with E-state index in [1.54, 1.807) is 11.8 Å². The second-order valence-corrected chi connectivity index (χ2v) is 7.92. The predicted molar refractivity (Wildman–Crippen MR) is 120 cm³/mol. The largest absolute Gasteiger partial charge is 0.479 e. The molecule has 31 heavy (non-hydrogen) atoms. The van der Waals surface area contributed by atoms with E-state index in [2.05, 4.69) is 10.2 Å². The van der Waals surface area contributed by atoms with Crippen molar-refractivity contribution in [1.82, 2.24) is 4.90 Å². The summed E-state index contributed by atoms with van der Waals surface area (Å²) in [6.07, 6.45) is 0.556. The zero-order valence-electron chi connectivity index (χ0n) is 17.9. The average molecular weight is 424 g/mol. The SMILES string of the molecule is CC1Oc2ccc(NC(=O)CCc3ccccc3)cc2N(CCN2CCOCC2)C1=O. The highest BCUT2D eigenvalue weighted by Crippen LogP contribution is 2.36. The Labute approximate surface area is 182 Å². The Kier molecular flexibility index (Phi) is 6.84. The van der Waals surface area contributed by atoms with E-state index in [9.17, 15) is 9.59 Å². The van der Waals surface area contributed by atoms with Gasteiger partial charge in [0.15, 0.2) is 6.10 Å². The minimum absolute atomic E-state index is 0.0555. The molecule has 0 radical (unpaired) electrons. The van der Waals surface area contributed by atoms with Crippen molar-refractivity contribution in [3.8, 4) is 5.75 Å². The third kappa shape index (κ3) is 5.42. The Morgan fingerprint density at radius 1 is 1.10 bits per heavy atom. The fourth-order valence-corrected chi connectivity index (χ4v) is 3.91. The molecular formula is C24H29N3O4. The molecule has 2 aromatic rings. The molecule has 4 rings (SSSR count). The molecule has 2 heterocycles. The van der Waals surface area contributed by atoms with Crippen molar-refractivity contribution in [2.24, 2.45) is 0 Å². The average Bonchev–Trinajstić information content (AvgIpc) is 2.80. The van der Waals surface area contributed by atoms with Gasteiger partial charge in [-0.3, -0.25) is 14.5 Å². The van der Waals surface area contributed by atoms with Crippen LogP contribution in [0.1, 0.15) is 18.9 Å². The first-order valence-corrected chi connectivity index (χ1v) is 10.9. The monoisotopic (exact) mass is 423 g/mol. The first-order chi connectivity index (χ1) is 15.1. The lowest BCUT2D eigenvalue weighted by Crippen LogP contribution is -2.48. The standard InChI is InChI=1S/C24H29N3O4/c1-18-24(29)27(12-11-26-13-15-30-16-14-26)21-17-20(8-9-22(21)31-18)25-23(28)10-7-19-5-3-2-4-6-19/h2-6,8-9,17-18H,7,10-16H2,1H3,(H,25,28). The smallest absolute Gasteiger partial charge is 0.267 e. The van der Waals surface area contributed by atoms with Gasteiger partial charge in [-0.05, 0) is 37.1 Å². The van der Waals surface area contributed by atoms with Crippen molar-refractivity contribution < 1.29 is 19.1 Å². The second-order valence-electron chi connectivity index (χ2n) is 7.92. The zero-order valence-corrected chi connectivity index (χ0v) is 17.9. The fourth-order valence-electron chi connectivity index (χ4n) is 3.91. The van der Waals surface area contributed by atoms with E-state index in [-0.39, 0.29) is 11.8 Å². The number of carbonyl (C=O) groups excluding carboxylic acids is 2. The molecule has 1 saturated heterocycles. The summed E-state index contributed by atoms with van der Waals surface area (Å²) in [7, 11) is 0. The van der Waals surface area contributed by atoms with Gasteiger partial charge < -0.3 is 19.7 Å². The summed E-state index contributed by atoms with van der Waals surface area (Å²) in [6.45, 7) is 6.31. The van der Waals surface area contributed by atoms with Crippen molar-refractivity contribution in [2.75, 3.05) is 49.6 Å². The number of hydrogen-bond acceptors (Lipinski definition) is 5. The number of anilines is 2. The Hall–Kier alpha value is -2.90. The van der Waals surface area contributed by atoms with Gasteiger partial charge in [-0.25, -0.2) is 0 Å². The van der Waals surface area contributed by atoms with Crippen LogP contribution < -0.4 is 15.0 Å². The molecule has 7 heteroatoms. The molecule has 1 unspecified atom stereocenters. The molecule has 0 bridgehead atoms. The highest BCUT2D eigenvalue weighted by molar-refractivity contribution is 6.01. The predicted octanol–water partition coefficient (Wildman–Crippen LogP) is 2.70. The number of hydrogen-bond donors (Lipinski definition) is 1. The Morgan fingerprint density at radius 2 is 1.87 bits per heavy atom. The maximum atomic E-state index is 12.8. The summed E-state index contributed by atoms with van der Waals surface area (Å²) in [4.78, 5) is 29.3. The van der Waals surface area contributed by atoms with Gasteiger partial charge in [-0.15, -0.1) is 0 Å². The number of rotatable bonds is 7. The molecule has 2 aliphatic heterocycles. The number of carbonyl (C=O) groups is 2. The fraction of sp³-hybridized carbons (Fsp3) is 0.417. The molecule has 7 nitrogen and oxygen atoms in total. The highest BCUT2D eigenvalue weighted by atomic mass is 16.5. The molecule has 0 saturated carbocycles. The summed E-state index contributed by atoms with van der Waals surface area (Å²) in [5.41, 5.74) is 2.50. The topological polar surface area (TPSA) is 71.1 Å². The van der Waals surface area contributed by atoms with Crippen molar-refractivity contribution in [3.05, 3.63) is 54.1 Å².